The molecule has 0 saturated carbocycles. The molecule has 0 radical (unpaired) electrons. The maximum Gasteiger partial charge on any atom is 0.417 e. The van der Waals surface area contributed by atoms with Gasteiger partial charge in [0.2, 0.25) is 0 Å². The van der Waals surface area contributed by atoms with Crippen LogP contribution in [0.15, 0.2) is 24.5 Å². The van der Waals surface area contributed by atoms with Crippen LogP contribution in [0.3, 0.4) is 0 Å². The summed E-state index contributed by atoms with van der Waals surface area (Å²) < 4.78 is 63.0. The predicted octanol–water partition coefficient (Wildman–Crippen LogP) is 3.52. The van der Waals surface area contributed by atoms with Gasteiger partial charge in [-0.05, 0) is 48.9 Å². The van der Waals surface area contributed by atoms with Crippen LogP contribution < -0.4 is 0 Å². The first kappa shape index (κ1) is 22.7. The van der Waals surface area contributed by atoms with Crippen LogP contribution in [0.2, 0.25) is 0 Å². The van der Waals surface area contributed by atoms with E-state index in [2.05, 4.69) is 15.4 Å². The predicted molar refractivity (Wildman–Crippen MR) is 119 cm³/mol. The minimum atomic E-state index is -4.54. The van der Waals surface area contributed by atoms with Gasteiger partial charge in [-0.25, -0.2) is 4.68 Å². The zero-order chi connectivity index (χ0) is 24.0. The second-order valence-corrected chi connectivity index (χ2v) is 9.31. The lowest BCUT2D eigenvalue weighted by molar-refractivity contribution is -0.137. The lowest BCUT2D eigenvalue weighted by atomic mass is 9.85. The molecule has 0 amide bonds. The number of nitrogens with zero attached hydrogens (tertiary/aromatic N) is 5. The van der Waals surface area contributed by atoms with Crippen LogP contribution in [0.4, 0.5) is 13.2 Å². The van der Waals surface area contributed by atoms with Crippen molar-refractivity contribution in [2.75, 3.05) is 26.4 Å². The molecule has 4 heterocycles. The Morgan fingerprint density at radius 3 is 2.54 bits per heavy atom. The first-order chi connectivity index (χ1) is 16.9. The molecule has 2 aromatic heterocycles. The third kappa shape index (κ3) is 4.60. The molecule has 2 aliphatic heterocycles. The van der Waals surface area contributed by atoms with E-state index < -0.39 is 11.7 Å². The number of fused-ring (bicyclic) bond motifs is 3. The van der Waals surface area contributed by atoms with Crippen LogP contribution >= 0.6 is 0 Å². The molecule has 35 heavy (non-hydrogen) atoms. The van der Waals surface area contributed by atoms with E-state index in [-0.39, 0.29) is 17.8 Å². The summed E-state index contributed by atoms with van der Waals surface area (Å²) in [6.07, 6.45) is 1.97. The van der Waals surface area contributed by atoms with Gasteiger partial charge in [-0.2, -0.15) is 18.3 Å². The van der Waals surface area contributed by atoms with Gasteiger partial charge in [0.25, 0.3) is 0 Å². The summed E-state index contributed by atoms with van der Waals surface area (Å²) >= 11 is 0. The minimum absolute atomic E-state index is 0.0675. The van der Waals surface area contributed by atoms with Gasteiger partial charge in [-0.3, -0.25) is 4.68 Å². The fourth-order valence-corrected chi connectivity index (χ4v) is 5.14. The number of ether oxygens (including phenoxy) is 3. The van der Waals surface area contributed by atoms with E-state index in [4.69, 9.17) is 14.2 Å². The maximum atomic E-state index is 14.3. The number of benzene rings is 1. The van der Waals surface area contributed by atoms with Crippen molar-refractivity contribution in [3.63, 3.8) is 0 Å². The fourth-order valence-electron chi connectivity index (χ4n) is 5.14. The molecule has 2 fully saturated rings. The van der Waals surface area contributed by atoms with Gasteiger partial charge in [0.05, 0.1) is 56.5 Å². The Morgan fingerprint density at radius 1 is 0.943 bits per heavy atom. The number of halogens is 3. The Bertz CT molecular complexity index is 1210. The number of rotatable bonds is 5. The SMILES string of the molecule is FC(F)(F)c1cc(-c2cn(C[C@@H]3CCCO3)nn2)cc2c1-c1nn(C[C@H]3COCCO3)cc1CC2. The van der Waals surface area contributed by atoms with Crippen molar-refractivity contribution < 1.29 is 27.4 Å². The molecule has 186 valence electrons. The molecule has 0 spiro atoms. The van der Waals surface area contributed by atoms with Crippen LogP contribution in [-0.4, -0.2) is 63.4 Å². The first-order valence-corrected chi connectivity index (χ1v) is 12.0. The highest BCUT2D eigenvalue weighted by molar-refractivity contribution is 5.78. The fraction of sp³-hybridized carbons (Fsp3) is 0.542. The molecule has 3 aromatic rings. The van der Waals surface area contributed by atoms with E-state index >= 15 is 0 Å². The lowest BCUT2D eigenvalue weighted by Gasteiger charge is -2.22. The van der Waals surface area contributed by atoms with Gasteiger partial charge in [0, 0.05) is 23.9 Å². The van der Waals surface area contributed by atoms with Gasteiger partial charge in [0.1, 0.15) is 11.8 Å². The molecule has 8 nitrogen and oxygen atoms in total. The minimum Gasteiger partial charge on any atom is -0.376 e. The largest absolute Gasteiger partial charge is 0.417 e. The molecule has 11 heteroatoms. The normalized spacial score (nSPS) is 22.3. The summed E-state index contributed by atoms with van der Waals surface area (Å²) in [5, 5.41) is 12.8. The van der Waals surface area contributed by atoms with Crippen molar-refractivity contribution in [1.29, 1.82) is 0 Å². The lowest BCUT2D eigenvalue weighted by Crippen LogP contribution is -2.32. The smallest absolute Gasteiger partial charge is 0.376 e. The highest BCUT2D eigenvalue weighted by Crippen LogP contribution is 2.44. The van der Waals surface area contributed by atoms with Crippen molar-refractivity contribution >= 4 is 0 Å². The summed E-state index contributed by atoms with van der Waals surface area (Å²) in [6.45, 7) is 3.22. The summed E-state index contributed by atoms with van der Waals surface area (Å²) in [4.78, 5) is 0. The molecule has 3 aliphatic rings. The number of hydrogen-bond donors (Lipinski definition) is 0. The van der Waals surface area contributed by atoms with Crippen LogP contribution in [0, 0.1) is 0 Å². The van der Waals surface area contributed by atoms with E-state index in [0.717, 1.165) is 25.0 Å². The molecule has 1 aromatic carbocycles. The summed E-state index contributed by atoms with van der Waals surface area (Å²) in [6, 6.07) is 2.97. The Balaban J connectivity index is 1.33. The van der Waals surface area contributed by atoms with Crippen LogP contribution in [0.5, 0.6) is 0 Å². The van der Waals surface area contributed by atoms with Crippen molar-refractivity contribution in [1.82, 2.24) is 24.8 Å². The van der Waals surface area contributed by atoms with Crippen LogP contribution in [0.25, 0.3) is 22.5 Å². The first-order valence-electron chi connectivity index (χ1n) is 12.0. The molecular formula is C24H26F3N5O3. The molecule has 0 N–H and O–H groups in total. The Morgan fingerprint density at radius 2 is 1.77 bits per heavy atom. The second-order valence-electron chi connectivity index (χ2n) is 9.31. The Kier molecular flexibility index (Phi) is 5.85. The monoisotopic (exact) mass is 489 g/mol. The van der Waals surface area contributed by atoms with E-state index in [1.54, 1.807) is 21.6 Å². The van der Waals surface area contributed by atoms with Gasteiger partial charge in [-0.15, -0.1) is 5.10 Å². The van der Waals surface area contributed by atoms with Gasteiger partial charge < -0.3 is 14.2 Å². The number of alkyl halides is 3. The summed E-state index contributed by atoms with van der Waals surface area (Å²) in [7, 11) is 0. The number of hydrogen-bond acceptors (Lipinski definition) is 6. The van der Waals surface area contributed by atoms with Crippen molar-refractivity contribution in [2.45, 2.75) is 57.2 Å². The molecule has 2 atom stereocenters. The molecule has 0 unspecified atom stereocenters. The van der Waals surface area contributed by atoms with E-state index in [0.29, 0.717) is 68.3 Å². The molecule has 1 aliphatic carbocycles. The third-order valence-corrected chi connectivity index (χ3v) is 6.79. The molecule has 6 rings (SSSR count). The van der Waals surface area contributed by atoms with Gasteiger partial charge >= 0.3 is 6.18 Å². The zero-order valence-electron chi connectivity index (χ0n) is 19.1. The topological polar surface area (TPSA) is 76.2 Å². The Hall–Kier alpha value is -2.76. The van der Waals surface area contributed by atoms with Crippen molar-refractivity contribution in [3.05, 3.63) is 41.2 Å². The quantitative estimate of drug-likeness (QED) is 0.546. The number of aryl methyl sites for hydroxylation is 2. The summed E-state index contributed by atoms with van der Waals surface area (Å²) in [5.41, 5.74) is 2.13. The highest BCUT2D eigenvalue weighted by Gasteiger charge is 2.38. The van der Waals surface area contributed by atoms with Crippen molar-refractivity contribution in [2.24, 2.45) is 0 Å². The average Bonchev–Trinajstić information content (AvgIpc) is 3.60. The second kappa shape index (κ2) is 9.03. The maximum absolute atomic E-state index is 14.3. The molecule has 2 saturated heterocycles. The average molecular weight is 489 g/mol. The van der Waals surface area contributed by atoms with Gasteiger partial charge in [0.15, 0.2) is 0 Å². The van der Waals surface area contributed by atoms with E-state index in [1.807, 2.05) is 6.20 Å². The van der Waals surface area contributed by atoms with Gasteiger partial charge in [-0.1, -0.05) is 5.21 Å². The van der Waals surface area contributed by atoms with E-state index in [1.165, 1.54) is 6.07 Å². The zero-order valence-corrected chi connectivity index (χ0v) is 19.1. The third-order valence-electron chi connectivity index (χ3n) is 6.79. The standard InChI is InChI=1S/C24H26F3N5O3/c25-24(26,27)20-9-17(21-13-32(30-28-21)11-18-2-1-5-34-18)8-15-3-4-16-10-31(29-23(16)22(15)20)12-19-14-33-6-7-35-19/h8-10,13,18-19H,1-7,11-12,14H2/t18-,19-/m0/s1. The molecular weight excluding hydrogens is 463 g/mol. The molecule has 0 bridgehead atoms. The van der Waals surface area contributed by atoms with Crippen LogP contribution in [-0.2, 0) is 46.3 Å². The summed E-state index contributed by atoms with van der Waals surface area (Å²) in [5.74, 6) is 0. The number of aromatic nitrogens is 5. The Labute approximate surface area is 200 Å². The van der Waals surface area contributed by atoms with Crippen LogP contribution in [0.1, 0.15) is 29.5 Å². The van der Waals surface area contributed by atoms with E-state index in [9.17, 15) is 13.2 Å². The van der Waals surface area contributed by atoms with Crippen molar-refractivity contribution in [3.8, 4) is 22.5 Å². The highest BCUT2D eigenvalue weighted by atomic mass is 19.4.